The van der Waals surface area contributed by atoms with Crippen molar-refractivity contribution in [2.24, 2.45) is 0 Å². The van der Waals surface area contributed by atoms with Crippen molar-refractivity contribution in [3.63, 3.8) is 0 Å². The Morgan fingerprint density at radius 1 is 1.33 bits per heavy atom. The Kier molecular flexibility index (Phi) is 5.17. The molecule has 0 fully saturated rings. The maximum atomic E-state index is 13.1. The Labute approximate surface area is 137 Å². The second kappa shape index (κ2) is 6.71. The third-order valence-corrected chi connectivity index (χ3v) is 4.20. The zero-order valence-electron chi connectivity index (χ0n) is 12.0. The number of rotatable bonds is 4. The van der Waals surface area contributed by atoms with Crippen molar-refractivity contribution >= 4 is 33.3 Å². The lowest BCUT2D eigenvalue weighted by atomic mass is 10.1. The number of hydrogen-bond donors (Lipinski definition) is 1. The van der Waals surface area contributed by atoms with Gasteiger partial charge in [-0.2, -0.15) is 0 Å². The van der Waals surface area contributed by atoms with Gasteiger partial charge < -0.3 is 5.32 Å². The first-order valence-corrected chi connectivity index (χ1v) is 7.77. The smallest absolute Gasteiger partial charge is 0.144 e. The van der Waals surface area contributed by atoms with Gasteiger partial charge in [0, 0.05) is 18.5 Å². The summed E-state index contributed by atoms with van der Waals surface area (Å²) in [6, 6.07) is 4.36. The van der Waals surface area contributed by atoms with Crippen molar-refractivity contribution < 1.29 is 4.39 Å². The fourth-order valence-corrected chi connectivity index (χ4v) is 3.04. The Morgan fingerprint density at radius 2 is 2.05 bits per heavy atom. The molecule has 0 aliphatic heterocycles. The number of nitrogens with zero attached hydrogens (tertiary/aromatic N) is 2. The highest BCUT2D eigenvalue weighted by Gasteiger charge is 2.15. The standard InChI is InChI=1S/C15H16BrClFN3/c1-8(2)14-13(16)15(19-3)21-12(20-14)6-9-4-5-10(18)7-11(9)17/h4-5,7-8H,6H2,1-3H3,(H,19,20,21). The second-order valence-corrected chi connectivity index (χ2v) is 6.21. The first-order chi connectivity index (χ1) is 9.92. The summed E-state index contributed by atoms with van der Waals surface area (Å²) >= 11 is 9.59. The Bertz CT molecular complexity index is 662. The molecule has 0 unspecified atom stereocenters. The molecule has 6 heteroatoms. The SMILES string of the molecule is CNc1nc(Cc2ccc(F)cc2Cl)nc(C(C)C)c1Br. The van der Waals surface area contributed by atoms with Gasteiger partial charge in [0.05, 0.1) is 10.2 Å². The van der Waals surface area contributed by atoms with Crippen molar-refractivity contribution in [1.29, 1.82) is 0 Å². The molecule has 0 saturated heterocycles. The van der Waals surface area contributed by atoms with Crippen LogP contribution in [0.15, 0.2) is 22.7 Å². The van der Waals surface area contributed by atoms with E-state index in [0.717, 1.165) is 21.5 Å². The monoisotopic (exact) mass is 371 g/mol. The van der Waals surface area contributed by atoms with E-state index in [-0.39, 0.29) is 11.7 Å². The molecule has 1 N–H and O–H groups in total. The molecule has 1 aromatic carbocycles. The maximum Gasteiger partial charge on any atom is 0.144 e. The van der Waals surface area contributed by atoms with Crippen LogP contribution in [0.25, 0.3) is 0 Å². The molecule has 0 aliphatic rings. The fourth-order valence-electron chi connectivity index (χ4n) is 1.98. The van der Waals surface area contributed by atoms with E-state index in [9.17, 15) is 4.39 Å². The topological polar surface area (TPSA) is 37.8 Å². The normalized spacial score (nSPS) is 11.0. The van der Waals surface area contributed by atoms with Crippen LogP contribution in [0.3, 0.4) is 0 Å². The van der Waals surface area contributed by atoms with Crippen LogP contribution in [-0.2, 0) is 6.42 Å². The van der Waals surface area contributed by atoms with Gasteiger partial charge in [-0.05, 0) is 39.5 Å². The molecule has 0 bridgehead atoms. The summed E-state index contributed by atoms with van der Waals surface area (Å²) in [6.07, 6.45) is 0.459. The van der Waals surface area contributed by atoms with E-state index in [1.165, 1.54) is 12.1 Å². The van der Waals surface area contributed by atoms with Crippen LogP contribution < -0.4 is 5.32 Å². The van der Waals surface area contributed by atoms with E-state index in [1.807, 2.05) is 7.05 Å². The lowest BCUT2D eigenvalue weighted by molar-refractivity contribution is 0.627. The van der Waals surface area contributed by atoms with E-state index >= 15 is 0 Å². The molecule has 0 saturated carbocycles. The zero-order chi connectivity index (χ0) is 15.6. The van der Waals surface area contributed by atoms with Gasteiger partial charge in [0.1, 0.15) is 17.5 Å². The zero-order valence-corrected chi connectivity index (χ0v) is 14.4. The number of aromatic nitrogens is 2. The molecular weight excluding hydrogens is 357 g/mol. The summed E-state index contributed by atoms with van der Waals surface area (Å²) in [5.74, 6) is 1.30. The number of halogens is 3. The van der Waals surface area contributed by atoms with Crippen LogP contribution in [0.4, 0.5) is 10.2 Å². The van der Waals surface area contributed by atoms with Gasteiger partial charge in [-0.1, -0.05) is 31.5 Å². The summed E-state index contributed by atoms with van der Waals surface area (Å²) in [5, 5.41) is 3.44. The quantitative estimate of drug-likeness (QED) is 0.838. The Hall–Kier alpha value is -1.20. The molecule has 0 radical (unpaired) electrons. The summed E-state index contributed by atoms with van der Waals surface area (Å²) < 4.78 is 14.0. The van der Waals surface area contributed by atoms with Crippen LogP contribution in [0.2, 0.25) is 5.02 Å². The minimum absolute atomic E-state index is 0.261. The summed E-state index contributed by atoms with van der Waals surface area (Å²) in [7, 11) is 1.81. The van der Waals surface area contributed by atoms with Crippen LogP contribution in [0, 0.1) is 5.82 Å². The van der Waals surface area contributed by atoms with Crippen LogP contribution >= 0.6 is 27.5 Å². The second-order valence-electron chi connectivity index (χ2n) is 5.00. The molecule has 2 rings (SSSR count). The molecule has 1 aromatic heterocycles. The molecule has 0 aliphatic carbocycles. The number of nitrogens with one attached hydrogen (secondary N) is 1. The van der Waals surface area contributed by atoms with Crippen LogP contribution in [-0.4, -0.2) is 17.0 Å². The predicted octanol–water partition coefficient (Wildman–Crippen LogP) is 4.79. The van der Waals surface area contributed by atoms with Crippen LogP contribution in [0.5, 0.6) is 0 Å². The van der Waals surface area contributed by atoms with Gasteiger partial charge in [-0.25, -0.2) is 14.4 Å². The van der Waals surface area contributed by atoms with Crippen molar-refractivity contribution in [2.75, 3.05) is 12.4 Å². The lowest BCUT2D eigenvalue weighted by Crippen LogP contribution is -2.07. The third kappa shape index (κ3) is 3.71. The van der Waals surface area contributed by atoms with Crippen molar-refractivity contribution in [2.45, 2.75) is 26.2 Å². The van der Waals surface area contributed by atoms with Gasteiger partial charge in [-0.3, -0.25) is 0 Å². The molecule has 0 atom stereocenters. The predicted molar refractivity (Wildman–Crippen MR) is 87.6 cm³/mol. The minimum Gasteiger partial charge on any atom is -0.372 e. The summed E-state index contributed by atoms with van der Waals surface area (Å²) in [4.78, 5) is 9.06. The lowest BCUT2D eigenvalue weighted by Gasteiger charge is -2.13. The van der Waals surface area contributed by atoms with Gasteiger partial charge in [0.2, 0.25) is 0 Å². The Morgan fingerprint density at radius 3 is 2.62 bits per heavy atom. The molecular formula is C15H16BrClFN3. The van der Waals surface area contributed by atoms with Gasteiger partial charge >= 0.3 is 0 Å². The molecule has 0 amide bonds. The van der Waals surface area contributed by atoms with E-state index < -0.39 is 0 Å². The summed E-state index contributed by atoms with van der Waals surface area (Å²) in [5.41, 5.74) is 1.74. The van der Waals surface area contributed by atoms with E-state index in [4.69, 9.17) is 11.6 Å². The molecule has 1 heterocycles. The van der Waals surface area contributed by atoms with Gasteiger partial charge in [0.25, 0.3) is 0 Å². The van der Waals surface area contributed by atoms with Crippen LogP contribution in [0.1, 0.15) is 36.8 Å². The third-order valence-electron chi connectivity index (χ3n) is 3.07. The number of hydrogen-bond acceptors (Lipinski definition) is 3. The summed E-state index contributed by atoms with van der Waals surface area (Å²) in [6.45, 7) is 4.14. The molecule has 21 heavy (non-hydrogen) atoms. The largest absolute Gasteiger partial charge is 0.372 e. The Balaban J connectivity index is 2.42. The van der Waals surface area contributed by atoms with E-state index in [0.29, 0.717) is 17.3 Å². The van der Waals surface area contributed by atoms with Crippen molar-refractivity contribution in [3.05, 3.63) is 50.6 Å². The average molecular weight is 373 g/mol. The highest BCUT2D eigenvalue weighted by molar-refractivity contribution is 9.10. The molecule has 3 nitrogen and oxygen atoms in total. The van der Waals surface area contributed by atoms with Crippen molar-refractivity contribution in [3.8, 4) is 0 Å². The number of anilines is 1. The first kappa shape index (κ1) is 16.2. The molecule has 0 spiro atoms. The minimum atomic E-state index is -0.348. The fraction of sp³-hybridized carbons (Fsp3) is 0.333. The van der Waals surface area contributed by atoms with E-state index in [2.05, 4.69) is 45.1 Å². The number of benzene rings is 1. The van der Waals surface area contributed by atoms with E-state index in [1.54, 1.807) is 6.07 Å². The maximum absolute atomic E-state index is 13.1. The van der Waals surface area contributed by atoms with Gasteiger partial charge in [-0.15, -0.1) is 0 Å². The highest BCUT2D eigenvalue weighted by atomic mass is 79.9. The molecule has 112 valence electrons. The first-order valence-electron chi connectivity index (χ1n) is 6.60. The van der Waals surface area contributed by atoms with Gasteiger partial charge in [0.15, 0.2) is 0 Å². The van der Waals surface area contributed by atoms with Crippen molar-refractivity contribution in [1.82, 2.24) is 9.97 Å². The highest BCUT2D eigenvalue weighted by Crippen LogP contribution is 2.29. The average Bonchev–Trinajstić information content (AvgIpc) is 2.43. The molecule has 2 aromatic rings.